The van der Waals surface area contributed by atoms with Crippen molar-refractivity contribution in [2.24, 2.45) is 0 Å². The van der Waals surface area contributed by atoms with Gasteiger partial charge >= 0.3 is 0 Å². The number of ether oxygens (including phenoxy) is 1. The Bertz CT molecular complexity index is 754. The number of nitrogens with one attached hydrogen (secondary N) is 3. The van der Waals surface area contributed by atoms with E-state index in [4.69, 9.17) is 10.1 Å². The topological polar surface area (TPSA) is 77.5 Å². The predicted octanol–water partition coefficient (Wildman–Crippen LogP) is 2.74. The lowest BCUT2D eigenvalue weighted by Crippen LogP contribution is -2.48. The quantitative estimate of drug-likeness (QED) is 0.568. The Balaban J connectivity index is 0.00000243. The van der Waals surface area contributed by atoms with Gasteiger partial charge in [-0.25, -0.2) is 5.01 Å². The number of nitrogens with zero attached hydrogens (tertiary/aromatic N) is 1. The largest absolute Gasteiger partial charge is 0.489 e. The number of hydrazine groups is 1. The fraction of sp³-hybridized carbons (Fsp3) is 0.263. The van der Waals surface area contributed by atoms with E-state index < -0.39 is 0 Å². The molecule has 26 heavy (non-hydrogen) atoms. The van der Waals surface area contributed by atoms with E-state index in [9.17, 15) is 4.79 Å². The SMILES string of the molecule is Cc1ccccc1OC1CCN(NC(=N)NC(=O)c2ccccc2)C1.Cl. The molecule has 0 radical (unpaired) electrons. The van der Waals surface area contributed by atoms with Crippen LogP contribution in [0.2, 0.25) is 0 Å². The summed E-state index contributed by atoms with van der Waals surface area (Å²) in [5.41, 5.74) is 4.55. The number of carbonyl (C=O) groups excluding carboxylic acids is 1. The molecular weight excluding hydrogens is 352 g/mol. The molecule has 1 fully saturated rings. The fourth-order valence-corrected chi connectivity index (χ4v) is 2.76. The maximum atomic E-state index is 12.0. The zero-order valence-corrected chi connectivity index (χ0v) is 15.4. The number of rotatable bonds is 4. The van der Waals surface area contributed by atoms with Crippen molar-refractivity contribution in [3.8, 4) is 5.75 Å². The second-order valence-electron chi connectivity index (χ2n) is 6.05. The second kappa shape index (κ2) is 9.22. The summed E-state index contributed by atoms with van der Waals surface area (Å²) in [5, 5.41) is 12.4. The molecule has 0 bridgehead atoms. The lowest BCUT2D eigenvalue weighted by Gasteiger charge is -2.20. The van der Waals surface area contributed by atoms with E-state index in [0.717, 1.165) is 24.3 Å². The zero-order chi connectivity index (χ0) is 17.6. The van der Waals surface area contributed by atoms with E-state index >= 15 is 0 Å². The number of carbonyl (C=O) groups is 1. The lowest BCUT2D eigenvalue weighted by molar-refractivity contribution is 0.0972. The smallest absolute Gasteiger partial charge is 0.257 e. The van der Waals surface area contributed by atoms with Gasteiger partial charge in [0.05, 0.1) is 6.54 Å². The first-order valence-corrected chi connectivity index (χ1v) is 8.30. The van der Waals surface area contributed by atoms with Crippen LogP contribution in [0.1, 0.15) is 22.3 Å². The van der Waals surface area contributed by atoms with Crippen LogP contribution in [0.4, 0.5) is 0 Å². The number of halogens is 1. The number of benzene rings is 2. The lowest BCUT2D eigenvalue weighted by atomic mass is 10.2. The molecule has 2 aromatic carbocycles. The third-order valence-electron chi connectivity index (χ3n) is 4.08. The molecule has 0 aliphatic carbocycles. The van der Waals surface area contributed by atoms with E-state index in [2.05, 4.69) is 10.7 Å². The van der Waals surface area contributed by atoms with Crippen LogP contribution >= 0.6 is 12.4 Å². The molecule has 138 valence electrons. The van der Waals surface area contributed by atoms with Crippen LogP contribution in [-0.2, 0) is 0 Å². The van der Waals surface area contributed by atoms with Crippen LogP contribution in [0.3, 0.4) is 0 Å². The van der Waals surface area contributed by atoms with Crippen molar-refractivity contribution in [2.75, 3.05) is 13.1 Å². The van der Waals surface area contributed by atoms with Crippen LogP contribution in [0.25, 0.3) is 0 Å². The van der Waals surface area contributed by atoms with Gasteiger partial charge < -0.3 is 4.74 Å². The maximum Gasteiger partial charge on any atom is 0.257 e. The van der Waals surface area contributed by atoms with Gasteiger partial charge in [0.1, 0.15) is 11.9 Å². The highest BCUT2D eigenvalue weighted by Gasteiger charge is 2.25. The summed E-state index contributed by atoms with van der Waals surface area (Å²) in [5.74, 6) is 0.553. The molecular formula is C19H23ClN4O2. The van der Waals surface area contributed by atoms with Crippen molar-refractivity contribution in [1.29, 1.82) is 5.41 Å². The Morgan fingerprint density at radius 2 is 1.85 bits per heavy atom. The number of para-hydroxylation sites is 1. The first kappa shape index (κ1) is 19.8. The van der Waals surface area contributed by atoms with Gasteiger partial charge in [0, 0.05) is 18.5 Å². The molecule has 0 aromatic heterocycles. The highest BCUT2D eigenvalue weighted by Crippen LogP contribution is 2.21. The van der Waals surface area contributed by atoms with Gasteiger partial charge in [-0.1, -0.05) is 36.4 Å². The average molecular weight is 375 g/mol. The molecule has 1 saturated heterocycles. The van der Waals surface area contributed by atoms with E-state index in [1.54, 1.807) is 24.3 Å². The third-order valence-corrected chi connectivity index (χ3v) is 4.08. The summed E-state index contributed by atoms with van der Waals surface area (Å²) in [7, 11) is 0. The molecule has 1 aliphatic rings. The van der Waals surface area contributed by atoms with Gasteiger partial charge in [0.25, 0.3) is 5.91 Å². The molecule has 6 nitrogen and oxygen atoms in total. The van der Waals surface area contributed by atoms with Crippen LogP contribution in [0, 0.1) is 12.3 Å². The van der Waals surface area contributed by atoms with Gasteiger partial charge in [-0.05, 0) is 30.7 Å². The minimum Gasteiger partial charge on any atom is -0.489 e. The van der Waals surface area contributed by atoms with Gasteiger partial charge in [0.2, 0.25) is 5.96 Å². The molecule has 3 rings (SSSR count). The minimum atomic E-state index is -0.301. The summed E-state index contributed by atoms with van der Waals surface area (Å²) in [6.07, 6.45) is 0.924. The molecule has 1 unspecified atom stereocenters. The van der Waals surface area contributed by atoms with Crippen molar-refractivity contribution in [2.45, 2.75) is 19.4 Å². The van der Waals surface area contributed by atoms with Crippen LogP contribution < -0.4 is 15.5 Å². The van der Waals surface area contributed by atoms with Gasteiger partial charge in [-0.15, -0.1) is 12.4 Å². The van der Waals surface area contributed by atoms with E-state index in [-0.39, 0.29) is 30.4 Å². The first-order chi connectivity index (χ1) is 12.1. The molecule has 1 heterocycles. The van der Waals surface area contributed by atoms with E-state index in [1.807, 2.05) is 42.3 Å². The number of hydrogen-bond donors (Lipinski definition) is 3. The number of amides is 1. The standard InChI is InChI=1S/C19H22N4O2.ClH/c1-14-7-5-6-10-17(14)25-16-11-12-23(13-16)22-19(20)21-18(24)15-8-3-2-4-9-15;/h2-10,16H,11-13H2,1H3,(H3,20,21,22,24);1H. The van der Waals surface area contributed by atoms with Crippen LogP contribution in [0.5, 0.6) is 5.75 Å². The Kier molecular flexibility index (Phi) is 7.00. The minimum absolute atomic E-state index is 0. The number of guanidine groups is 1. The van der Waals surface area contributed by atoms with Gasteiger partial charge in [-0.3, -0.25) is 20.9 Å². The molecule has 1 atom stereocenters. The Morgan fingerprint density at radius 1 is 1.15 bits per heavy atom. The van der Waals surface area contributed by atoms with Crippen LogP contribution in [0.15, 0.2) is 54.6 Å². The summed E-state index contributed by atoms with van der Waals surface area (Å²) < 4.78 is 6.03. The molecule has 7 heteroatoms. The molecule has 0 spiro atoms. The average Bonchev–Trinajstić information content (AvgIpc) is 3.04. The zero-order valence-electron chi connectivity index (χ0n) is 14.6. The van der Waals surface area contributed by atoms with E-state index in [0.29, 0.717) is 12.1 Å². The Hall–Kier alpha value is -2.57. The third kappa shape index (κ3) is 5.21. The highest BCUT2D eigenvalue weighted by molar-refractivity contribution is 6.04. The second-order valence-corrected chi connectivity index (χ2v) is 6.05. The number of hydrogen-bond acceptors (Lipinski definition) is 4. The van der Waals surface area contributed by atoms with Crippen molar-refractivity contribution in [3.05, 3.63) is 65.7 Å². The Morgan fingerprint density at radius 3 is 2.58 bits per heavy atom. The molecule has 2 aromatic rings. The first-order valence-electron chi connectivity index (χ1n) is 8.30. The van der Waals surface area contributed by atoms with Crippen molar-refractivity contribution >= 4 is 24.3 Å². The molecule has 1 aliphatic heterocycles. The summed E-state index contributed by atoms with van der Waals surface area (Å²) in [4.78, 5) is 12.0. The maximum absolute atomic E-state index is 12.0. The number of aryl methyl sites for hydroxylation is 1. The van der Waals surface area contributed by atoms with Crippen molar-refractivity contribution < 1.29 is 9.53 Å². The summed E-state index contributed by atoms with van der Waals surface area (Å²) >= 11 is 0. The summed E-state index contributed by atoms with van der Waals surface area (Å²) in [6, 6.07) is 16.8. The molecule has 1 amide bonds. The fourth-order valence-electron chi connectivity index (χ4n) is 2.76. The molecule has 3 N–H and O–H groups in total. The van der Waals surface area contributed by atoms with Gasteiger partial charge in [0.15, 0.2) is 0 Å². The highest BCUT2D eigenvalue weighted by atomic mass is 35.5. The Labute approximate surface area is 159 Å². The van der Waals surface area contributed by atoms with Crippen LogP contribution in [-0.4, -0.2) is 36.1 Å². The van der Waals surface area contributed by atoms with Gasteiger partial charge in [-0.2, -0.15) is 0 Å². The van der Waals surface area contributed by atoms with E-state index in [1.165, 1.54) is 0 Å². The monoisotopic (exact) mass is 374 g/mol. The molecule has 0 saturated carbocycles. The predicted molar refractivity (Wildman–Crippen MR) is 104 cm³/mol. The van der Waals surface area contributed by atoms with Crippen molar-refractivity contribution in [1.82, 2.24) is 15.8 Å². The summed E-state index contributed by atoms with van der Waals surface area (Å²) in [6.45, 7) is 3.42. The van der Waals surface area contributed by atoms with Crippen molar-refractivity contribution in [3.63, 3.8) is 0 Å². The normalized spacial score (nSPS) is 16.4.